The Balaban J connectivity index is 1.28. The summed E-state index contributed by atoms with van der Waals surface area (Å²) >= 11 is 0. The van der Waals surface area contributed by atoms with Crippen LogP contribution in [0.1, 0.15) is 69.2 Å². The lowest BCUT2D eigenvalue weighted by Crippen LogP contribution is -2.55. The molecule has 2 unspecified atom stereocenters. The maximum atomic E-state index is 13.1. The lowest BCUT2D eigenvalue weighted by molar-refractivity contribution is -0.178. The summed E-state index contributed by atoms with van der Waals surface area (Å²) in [4.78, 5) is 17.5. The molecule has 230 valence electrons. The molecule has 43 heavy (non-hydrogen) atoms. The van der Waals surface area contributed by atoms with Gasteiger partial charge in [-0.3, -0.25) is 9.69 Å². The molecule has 1 N–H and O–H groups in total. The number of amides is 1. The lowest BCUT2D eigenvalue weighted by Gasteiger charge is -2.44. The number of methoxy groups -OCH3 is 1. The van der Waals surface area contributed by atoms with Crippen LogP contribution in [-0.4, -0.2) is 72.6 Å². The first-order valence-electron chi connectivity index (χ1n) is 15.4. The van der Waals surface area contributed by atoms with E-state index in [2.05, 4.69) is 91.5 Å². The van der Waals surface area contributed by atoms with E-state index in [9.17, 15) is 9.90 Å². The van der Waals surface area contributed by atoms with Gasteiger partial charge in [-0.2, -0.15) is 0 Å². The molecule has 2 atom stereocenters. The van der Waals surface area contributed by atoms with Crippen molar-refractivity contribution in [3.05, 3.63) is 95.6 Å². The average molecular weight is 587 g/mol. The number of carbonyl (C=O) groups excluding carboxylic acids is 1. The second-order valence-electron chi connectivity index (χ2n) is 12.7. The van der Waals surface area contributed by atoms with E-state index in [-0.39, 0.29) is 42.4 Å². The minimum Gasteiger partial charge on any atom is -0.493 e. The van der Waals surface area contributed by atoms with E-state index < -0.39 is 5.79 Å². The molecule has 0 saturated carbocycles. The fourth-order valence-electron chi connectivity index (χ4n) is 6.48. The third kappa shape index (κ3) is 7.23. The summed E-state index contributed by atoms with van der Waals surface area (Å²) in [7, 11) is 1.68. The first-order valence-corrected chi connectivity index (χ1v) is 15.4. The minimum atomic E-state index is -1.24. The highest BCUT2D eigenvalue weighted by Crippen LogP contribution is 2.47. The number of likely N-dealkylation sites (tertiary alicyclic amines) is 2. The summed E-state index contributed by atoms with van der Waals surface area (Å²) in [5, 5.41) is 9.84. The molecule has 0 radical (unpaired) electrons. The molecule has 3 aromatic rings. The Labute approximate surface area is 256 Å². The van der Waals surface area contributed by atoms with Crippen LogP contribution in [0.3, 0.4) is 0 Å². The second kappa shape index (κ2) is 13.1. The van der Waals surface area contributed by atoms with Crippen molar-refractivity contribution in [2.45, 2.75) is 64.4 Å². The largest absolute Gasteiger partial charge is 0.493 e. The zero-order valence-corrected chi connectivity index (χ0v) is 26.2. The quantitative estimate of drug-likeness (QED) is 0.262. The molecule has 0 aromatic heterocycles. The molecule has 0 spiro atoms. The molecule has 2 aliphatic rings. The van der Waals surface area contributed by atoms with Crippen molar-refractivity contribution in [3.63, 3.8) is 0 Å². The lowest BCUT2D eigenvalue weighted by atomic mass is 9.74. The van der Waals surface area contributed by atoms with E-state index in [0.717, 1.165) is 36.6 Å². The highest BCUT2D eigenvalue weighted by Gasteiger charge is 2.44. The van der Waals surface area contributed by atoms with E-state index in [0.29, 0.717) is 13.1 Å². The van der Waals surface area contributed by atoms with Crippen LogP contribution in [-0.2, 0) is 9.53 Å². The van der Waals surface area contributed by atoms with Gasteiger partial charge in [-0.1, -0.05) is 80.6 Å². The molecule has 3 aromatic carbocycles. The van der Waals surface area contributed by atoms with Gasteiger partial charge in [-0.05, 0) is 54.5 Å². The molecule has 2 heterocycles. The Bertz CT molecular complexity index is 1310. The Morgan fingerprint density at radius 1 is 0.977 bits per heavy atom. The van der Waals surface area contributed by atoms with Gasteiger partial charge in [0.25, 0.3) is 0 Å². The summed E-state index contributed by atoms with van der Waals surface area (Å²) in [6.45, 7) is 10.8. The van der Waals surface area contributed by atoms with Crippen molar-refractivity contribution < 1.29 is 24.1 Å². The zero-order valence-electron chi connectivity index (χ0n) is 26.2. The fraction of sp³-hybridized carbons (Fsp3) is 0.472. The summed E-state index contributed by atoms with van der Waals surface area (Å²) in [5.41, 5.74) is 3.64. The molecule has 7 nitrogen and oxygen atoms in total. The first-order chi connectivity index (χ1) is 20.6. The normalized spacial score (nSPS) is 21.2. The second-order valence-corrected chi connectivity index (χ2v) is 12.7. The number of aliphatic hydroxyl groups is 1. The SMILES string of the molecule is CCC1(C)CN(C(=O)CCOC(C)(C)O)CC1c1ccc(OC)c(OC2CN(C(c3ccccc3)c3ccccc3)C2)c1. The van der Waals surface area contributed by atoms with Crippen LogP contribution in [0.15, 0.2) is 78.9 Å². The predicted octanol–water partition coefficient (Wildman–Crippen LogP) is 6.03. The van der Waals surface area contributed by atoms with E-state index in [1.807, 2.05) is 11.0 Å². The highest BCUT2D eigenvalue weighted by atomic mass is 16.6. The monoisotopic (exact) mass is 586 g/mol. The Hall–Kier alpha value is -3.39. The van der Waals surface area contributed by atoms with Crippen LogP contribution in [0.4, 0.5) is 0 Å². The summed E-state index contributed by atoms with van der Waals surface area (Å²) in [6.07, 6.45) is 1.24. The number of benzene rings is 3. The Morgan fingerprint density at radius 2 is 1.60 bits per heavy atom. The van der Waals surface area contributed by atoms with Gasteiger partial charge < -0.3 is 24.2 Å². The number of hydrogen-bond acceptors (Lipinski definition) is 6. The number of carbonyl (C=O) groups is 1. The van der Waals surface area contributed by atoms with Gasteiger partial charge in [0.1, 0.15) is 6.10 Å². The molecular formula is C36H46N2O5. The van der Waals surface area contributed by atoms with E-state index >= 15 is 0 Å². The van der Waals surface area contributed by atoms with Crippen LogP contribution < -0.4 is 9.47 Å². The average Bonchev–Trinajstić information content (AvgIpc) is 3.34. The molecule has 2 aliphatic heterocycles. The van der Waals surface area contributed by atoms with Gasteiger partial charge in [0.05, 0.1) is 26.2 Å². The van der Waals surface area contributed by atoms with Crippen molar-refractivity contribution in [1.82, 2.24) is 9.80 Å². The number of nitrogens with zero attached hydrogens (tertiary/aromatic N) is 2. The molecule has 5 rings (SSSR count). The van der Waals surface area contributed by atoms with Crippen molar-refractivity contribution >= 4 is 5.91 Å². The van der Waals surface area contributed by atoms with Crippen LogP contribution >= 0.6 is 0 Å². The van der Waals surface area contributed by atoms with Crippen LogP contribution in [0.25, 0.3) is 0 Å². The van der Waals surface area contributed by atoms with Gasteiger partial charge in [-0.25, -0.2) is 0 Å². The van der Waals surface area contributed by atoms with Gasteiger partial charge >= 0.3 is 0 Å². The molecule has 2 fully saturated rings. The van der Waals surface area contributed by atoms with E-state index in [1.54, 1.807) is 21.0 Å². The fourth-order valence-corrected chi connectivity index (χ4v) is 6.48. The van der Waals surface area contributed by atoms with Crippen LogP contribution in [0.5, 0.6) is 11.5 Å². The summed E-state index contributed by atoms with van der Waals surface area (Å²) in [5.74, 6) is 0.452. The van der Waals surface area contributed by atoms with Crippen molar-refractivity contribution in [2.75, 3.05) is 39.9 Å². The predicted molar refractivity (Wildman–Crippen MR) is 168 cm³/mol. The number of rotatable bonds is 12. The third-order valence-electron chi connectivity index (χ3n) is 9.08. The maximum absolute atomic E-state index is 13.1. The van der Waals surface area contributed by atoms with E-state index in [4.69, 9.17) is 14.2 Å². The van der Waals surface area contributed by atoms with Crippen LogP contribution in [0, 0.1) is 5.41 Å². The molecule has 0 aliphatic carbocycles. The minimum absolute atomic E-state index is 0.0501. The van der Waals surface area contributed by atoms with Crippen molar-refractivity contribution in [2.24, 2.45) is 5.41 Å². The Morgan fingerprint density at radius 3 is 2.16 bits per heavy atom. The maximum Gasteiger partial charge on any atom is 0.224 e. The smallest absolute Gasteiger partial charge is 0.224 e. The third-order valence-corrected chi connectivity index (χ3v) is 9.08. The molecular weight excluding hydrogens is 540 g/mol. The van der Waals surface area contributed by atoms with Crippen molar-refractivity contribution in [3.8, 4) is 11.5 Å². The van der Waals surface area contributed by atoms with Gasteiger partial charge in [0.15, 0.2) is 17.3 Å². The van der Waals surface area contributed by atoms with Gasteiger partial charge in [0, 0.05) is 32.1 Å². The highest BCUT2D eigenvalue weighted by molar-refractivity contribution is 5.77. The topological polar surface area (TPSA) is 71.5 Å². The molecule has 0 bridgehead atoms. The summed E-state index contributed by atoms with van der Waals surface area (Å²) in [6, 6.07) is 27.7. The first kappa shape index (κ1) is 31.0. The number of hydrogen-bond donors (Lipinski definition) is 1. The van der Waals surface area contributed by atoms with Crippen LogP contribution in [0.2, 0.25) is 0 Å². The molecule has 2 saturated heterocycles. The summed E-state index contributed by atoms with van der Waals surface area (Å²) < 4.78 is 17.7. The molecule has 1 amide bonds. The molecule has 7 heteroatoms. The number of ether oxygens (including phenoxy) is 3. The van der Waals surface area contributed by atoms with Crippen molar-refractivity contribution in [1.29, 1.82) is 0 Å². The van der Waals surface area contributed by atoms with Gasteiger partial charge in [0.2, 0.25) is 5.91 Å². The van der Waals surface area contributed by atoms with Gasteiger partial charge in [-0.15, -0.1) is 0 Å². The zero-order chi connectivity index (χ0) is 30.6. The van der Waals surface area contributed by atoms with E-state index in [1.165, 1.54) is 11.1 Å². The Kier molecular flexibility index (Phi) is 9.45. The standard InChI is InChI=1S/C36H46N2O5/c1-6-36(4)25-38(33(39)19-20-42-35(2,3)40)24-30(36)28-17-18-31(41-5)32(21-28)43-29-22-37(23-29)34(26-13-9-7-10-14-26)27-15-11-8-12-16-27/h7-18,21,29-30,34,40H,6,19-20,22-25H2,1-5H3.